The molecule has 0 saturated carbocycles. The van der Waals surface area contributed by atoms with Gasteiger partial charge in [0.1, 0.15) is 6.54 Å². The highest BCUT2D eigenvalue weighted by Crippen LogP contribution is 2.29. The van der Waals surface area contributed by atoms with Crippen LogP contribution in [-0.2, 0) is 27.7 Å². The molecule has 0 heterocycles. The molecule has 162 valence electrons. The summed E-state index contributed by atoms with van der Waals surface area (Å²) < 4.78 is 26.2. The standard InChI is InChI=1S/C24H32N2O3S/c1-17(2)22-11-7-8-12-23(22)26(30(4,28)29)16-24(27)25-18(3)20-14-13-19-9-5-6-10-21(19)15-20/h7-8,11-15,17-18H,5-6,9-10,16H2,1-4H3,(H,25,27). The van der Waals surface area contributed by atoms with Crippen molar-refractivity contribution < 1.29 is 13.2 Å². The van der Waals surface area contributed by atoms with Crippen LogP contribution in [0.1, 0.15) is 67.8 Å². The third kappa shape index (κ3) is 5.22. The normalized spacial score (nSPS) is 14.8. The van der Waals surface area contributed by atoms with Gasteiger partial charge in [0.15, 0.2) is 0 Å². The van der Waals surface area contributed by atoms with Crippen LogP contribution in [0.15, 0.2) is 42.5 Å². The van der Waals surface area contributed by atoms with Crippen molar-refractivity contribution in [1.29, 1.82) is 0 Å². The average molecular weight is 429 g/mol. The third-order valence-electron chi connectivity index (χ3n) is 5.77. The lowest BCUT2D eigenvalue weighted by Gasteiger charge is -2.26. The number of aryl methyl sites for hydroxylation is 2. The summed E-state index contributed by atoms with van der Waals surface area (Å²) in [4.78, 5) is 12.8. The molecule has 2 aromatic rings. The number of fused-ring (bicyclic) bond motifs is 1. The Morgan fingerprint density at radius 1 is 1.03 bits per heavy atom. The minimum absolute atomic E-state index is 0.142. The Bertz CT molecular complexity index is 1010. The molecule has 0 aromatic heterocycles. The number of benzene rings is 2. The molecule has 0 aliphatic heterocycles. The maximum absolute atomic E-state index is 12.8. The van der Waals surface area contributed by atoms with E-state index in [-0.39, 0.29) is 24.4 Å². The highest BCUT2D eigenvalue weighted by Gasteiger charge is 2.25. The predicted octanol–water partition coefficient (Wildman–Crippen LogP) is 4.33. The molecule has 1 N–H and O–H groups in total. The summed E-state index contributed by atoms with van der Waals surface area (Å²) in [5.74, 6) is -0.174. The number of carbonyl (C=O) groups is 1. The maximum Gasteiger partial charge on any atom is 0.241 e. The van der Waals surface area contributed by atoms with Crippen LogP contribution >= 0.6 is 0 Å². The second-order valence-corrected chi connectivity index (χ2v) is 10.4. The Morgan fingerprint density at radius 2 is 1.70 bits per heavy atom. The first-order valence-corrected chi connectivity index (χ1v) is 12.5. The van der Waals surface area contributed by atoms with Gasteiger partial charge in [0.05, 0.1) is 18.0 Å². The number of carbonyl (C=O) groups excluding carboxylic acids is 1. The van der Waals surface area contributed by atoms with E-state index in [0.29, 0.717) is 5.69 Å². The molecule has 1 aliphatic rings. The number of nitrogens with zero attached hydrogens (tertiary/aromatic N) is 1. The maximum atomic E-state index is 12.8. The fourth-order valence-electron chi connectivity index (χ4n) is 4.11. The summed E-state index contributed by atoms with van der Waals surface area (Å²) in [6.07, 6.45) is 5.78. The SMILES string of the molecule is CC(C)c1ccccc1N(CC(=O)NC(C)c1ccc2c(c1)CCCC2)S(C)(=O)=O. The molecule has 5 nitrogen and oxygen atoms in total. The Balaban J connectivity index is 1.77. The first kappa shape index (κ1) is 22.3. The van der Waals surface area contributed by atoms with Crippen LogP contribution in [0.2, 0.25) is 0 Å². The third-order valence-corrected chi connectivity index (χ3v) is 6.89. The minimum atomic E-state index is -3.61. The zero-order chi connectivity index (χ0) is 21.9. The van der Waals surface area contributed by atoms with Crippen LogP contribution in [0.5, 0.6) is 0 Å². The van der Waals surface area contributed by atoms with Crippen molar-refractivity contribution in [3.8, 4) is 0 Å². The topological polar surface area (TPSA) is 66.5 Å². The highest BCUT2D eigenvalue weighted by atomic mass is 32.2. The van der Waals surface area contributed by atoms with Gasteiger partial charge in [-0.15, -0.1) is 0 Å². The fourth-order valence-corrected chi connectivity index (χ4v) is 4.98. The molecule has 0 saturated heterocycles. The number of para-hydroxylation sites is 1. The van der Waals surface area contributed by atoms with Crippen LogP contribution < -0.4 is 9.62 Å². The summed E-state index contributed by atoms with van der Waals surface area (Å²) in [7, 11) is -3.61. The van der Waals surface area contributed by atoms with Gasteiger partial charge in [-0.3, -0.25) is 9.10 Å². The van der Waals surface area contributed by atoms with Gasteiger partial charge in [0, 0.05) is 0 Å². The van der Waals surface area contributed by atoms with Crippen molar-refractivity contribution in [2.24, 2.45) is 0 Å². The lowest BCUT2D eigenvalue weighted by atomic mass is 9.89. The molecule has 1 amide bonds. The Morgan fingerprint density at radius 3 is 2.37 bits per heavy atom. The number of sulfonamides is 1. The van der Waals surface area contributed by atoms with Crippen molar-refractivity contribution in [1.82, 2.24) is 5.32 Å². The molecule has 30 heavy (non-hydrogen) atoms. The van der Waals surface area contributed by atoms with E-state index < -0.39 is 10.0 Å². The zero-order valence-corrected chi connectivity index (χ0v) is 19.1. The monoisotopic (exact) mass is 428 g/mol. The van der Waals surface area contributed by atoms with E-state index in [0.717, 1.165) is 30.2 Å². The summed E-state index contributed by atoms with van der Waals surface area (Å²) in [6, 6.07) is 13.6. The average Bonchev–Trinajstić information content (AvgIpc) is 2.70. The van der Waals surface area contributed by atoms with E-state index in [9.17, 15) is 13.2 Å². The fraction of sp³-hybridized carbons (Fsp3) is 0.458. The molecule has 0 radical (unpaired) electrons. The van der Waals surface area contributed by atoms with Gasteiger partial charge in [-0.2, -0.15) is 0 Å². The van der Waals surface area contributed by atoms with E-state index in [1.165, 1.54) is 28.3 Å². The van der Waals surface area contributed by atoms with E-state index in [4.69, 9.17) is 0 Å². The number of hydrogen-bond acceptors (Lipinski definition) is 3. The first-order chi connectivity index (χ1) is 14.2. The number of anilines is 1. The Labute approximate surface area is 180 Å². The van der Waals surface area contributed by atoms with Crippen molar-refractivity contribution in [3.63, 3.8) is 0 Å². The van der Waals surface area contributed by atoms with E-state index in [1.54, 1.807) is 12.1 Å². The summed E-state index contributed by atoms with van der Waals surface area (Å²) >= 11 is 0. The predicted molar refractivity (Wildman–Crippen MR) is 122 cm³/mol. The highest BCUT2D eigenvalue weighted by molar-refractivity contribution is 7.92. The number of rotatable bonds is 7. The van der Waals surface area contributed by atoms with Gasteiger partial charge in [-0.1, -0.05) is 50.2 Å². The van der Waals surface area contributed by atoms with Gasteiger partial charge in [0.2, 0.25) is 15.9 Å². The van der Waals surface area contributed by atoms with Crippen LogP contribution in [0.3, 0.4) is 0 Å². The molecular formula is C24H32N2O3S. The molecule has 1 unspecified atom stereocenters. The molecule has 2 aromatic carbocycles. The van der Waals surface area contributed by atoms with Crippen molar-refractivity contribution in [3.05, 3.63) is 64.7 Å². The number of nitrogens with one attached hydrogen (secondary N) is 1. The van der Waals surface area contributed by atoms with Crippen molar-refractivity contribution in [2.45, 2.75) is 58.4 Å². The Kier molecular flexibility index (Phi) is 6.86. The van der Waals surface area contributed by atoms with Gasteiger partial charge in [-0.05, 0) is 66.8 Å². The number of amides is 1. The van der Waals surface area contributed by atoms with E-state index >= 15 is 0 Å². The molecule has 0 spiro atoms. The van der Waals surface area contributed by atoms with Crippen LogP contribution in [-0.4, -0.2) is 27.1 Å². The van der Waals surface area contributed by atoms with Gasteiger partial charge >= 0.3 is 0 Å². The first-order valence-electron chi connectivity index (χ1n) is 10.6. The van der Waals surface area contributed by atoms with Crippen molar-refractivity contribution >= 4 is 21.6 Å². The van der Waals surface area contributed by atoms with E-state index in [1.807, 2.05) is 32.9 Å². The minimum Gasteiger partial charge on any atom is -0.348 e. The smallest absolute Gasteiger partial charge is 0.241 e. The van der Waals surface area contributed by atoms with E-state index in [2.05, 4.69) is 23.5 Å². The second-order valence-electron chi connectivity index (χ2n) is 8.51. The lowest BCUT2D eigenvalue weighted by Crippen LogP contribution is -2.41. The molecule has 1 atom stereocenters. The lowest BCUT2D eigenvalue weighted by molar-refractivity contribution is -0.120. The van der Waals surface area contributed by atoms with Crippen LogP contribution in [0.4, 0.5) is 5.69 Å². The van der Waals surface area contributed by atoms with Gasteiger partial charge < -0.3 is 5.32 Å². The molecule has 0 fully saturated rings. The summed E-state index contributed by atoms with van der Waals surface area (Å²) in [5.41, 5.74) is 5.28. The number of hydrogen-bond donors (Lipinski definition) is 1. The van der Waals surface area contributed by atoms with Crippen LogP contribution in [0.25, 0.3) is 0 Å². The molecule has 1 aliphatic carbocycles. The molecule has 6 heteroatoms. The molecular weight excluding hydrogens is 396 g/mol. The summed E-state index contributed by atoms with van der Waals surface area (Å²) in [6.45, 7) is 5.72. The summed E-state index contributed by atoms with van der Waals surface area (Å²) in [5, 5.41) is 2.98. The second kappa shape index (κ2) is 9.21. The van der Waals surface area contributed by atoms with Crippen molar-refractivity contribution in [2.75, 3.05) is 17.1 Å². The van der Waals surface area contributed by atoms with Gasteiger partial charge in [0.25, 0.3) is 0 Å². The molecule has 3 rings (SSSR count). The van der Waals surface area contributed by atoms with Crippen LogP contribution in [0, 0.1) is 0 Å². The Hall–Kier alpha value is -2.34. The quantitative estimate of drug-likeness (QED) is 0.714. The zero-order valence-electron chi connectivity index (χ0n) is 18.3. The van der Waals surface area contributed by atoms with Gasteiger partial charge in [-0.25, -0.2) is 8.42 Å². The largest absolute Gasteiger partial charge is 0.348 e. The molecule has 0 bridgehead atoms.